The maximum atomic E-state index is 12.4. The predicted molar refractivity (Wildman–Crippen MR) is 81.3 cm³/mol. The van der Waals surface area contributed by atoms with E-state index in [1.165, 1.54) is 20.1 Å². The average Bonchev–Trinajstić information content (AvgIpc) is 2.44. The van der Waals surface area contributed by atoms with Crippen molar-refractivity contribution in [3.63, 3.8) is 0 Å². The molecular formula is C17H18O5. The molecule has 0 heterocycles. The van der Waals surface area contributed by atoms with Gasteiger partial charge >= 0.3 is 0 Å². The molecule has 5 nitrogen and oxygen atoms in total. The van der Waals surface area contributed by atoms with Gasteiger partial charge in [-0.25, -0.2) is 0 Å². The molecule has 0 atom stereocenters. The standard InChI is InChI=1S/C17H18O5/c1-8(2)5-6-10-12(18)7-11-13(15(10)20)14(19)9(3)17(22-4)16(11)21/h5,7,18,20H,6H2,1-4H3. The van der Waals surface area contributed by atoms with Crippen LogP contribution >= 0.6 is 0 Å². The molecule has 0 saturated heterocycles. The molecule has 0 fully saturated rings. The van der Waals surface area contributed by atoms with E-state index in [0.29, 0.717) is 0 Å². The van der Waals surface area contributed by atoms with Crippen LogP contribution in [0.25, 0.3) is 0 Å². The van der Waals surface area contributed by atoms with E-state index in [-0.39, 0.29) is 45.9 Å². The largest absolute Gasteiger partial charge is 0.507 e. The lowest BCUT2D eigenvalue weighted by molar-refractivity contribution is 0.0904. The number of phenols is 2. The lowest BCUT2D eigenvalue weighted by atomic mass is 9.85. The molecule has 0 aliphatic heterocycles. The molecule has 0 radical (unpaired) electrons. The molecule has 2 rings (SSSR count). The van der Waals surface area contributed by atoms with Crippen LogP contribution in [-0.2, 0) is 11.2 Å². The van der Waals surface area contributed by atoms with E-state index in [9.17, 15) is 19.8 Å². The Hall–Kier alpha value is -2.56. The first kappa shape index (κ1) is 15.8. The summed E-state index contributed by atoms with van der Waals surface area (Å²) in [5.41, 5.74) is 1.28. The second-order valence-electron chi connectivity index (χ2n) is 5.45. The summed E-state index contributed by atoms with van der Waals surface area (Å²) in [4.78, 5) is 24.7. The van der Waals surface area contributed by atoms with Gasteiger partial charge in [0.05, 0.1) is 12.7 Å². The number of methoxy groups -OCH3 is 1. The number of allylic oxidation sites excluding steroid dienone is 4. The van der Waals surface area contributed by atoms with Crippen molar-refractivity contribution >= 4 is 11.6 Å². The summed E-state index contributed by atoms with van der Waals surface area (Å²) < 4.78 is 4.97. The molecule has 1 aliphatic carbocycles. The maximum Gasteiger partial charge on any atom is 0.228 e. The van der Waals surface area contributed by atoms with Gasteiger partial charge in [-0.2, -0.15) is 0 Å². The maximum absolute atomic E-state index is 12.4. The highest BCUT2D eigenvalue weighted by atomic mass is 16.5. The van der Waals surface area contributed by atoms with E-state index in [1.54, 1.807) is 0 Å². The van der Waals surface area contributed by atoms with Crippen LogP contribution in [0.5, 0.6) is 11.5 Å². The van der Waals surface area contributed by atoms with Crippen molar-refractivity contribution in [1.82, 2.24) is 0 Å². The van der Waals surface area contributed by atoms with Crippen molar-refractivity contribution in [1.29, 1.82) is 0 Å². The van der Waals surface area contributed by atoms with Gasteiger partial charge in [-0.3, -0.25) is 9.59 Å². The number of ether oxygens (including phenoxy) is 1. The summed E-state index contributed by atoms with van der Waals surface area (Å²) in [7, 11) is 1.30. The number of benzene rings is 1. The molecule has 0 bridgehead atoms. The van der Waals surface area contributed by atoms with Crippen molar-refractivity contribution in [2.45, 2.75) is 27.2 Å². The monoisotopic (exact) mass is 302 g/mol. The Kier molecular flexibility index (Phi) is 4.08. The van der Waals surface area contributed by atoms with Crippen LogP contribution in [0.3, 0.4) is 0 Å². The smallest absolute Gasteiger partial charge is 0.228 e. The summed E-state index contributed by atoms with van der Waals surface area (Å²) in [6.45, 7) is 5.25. The van der Waals surface area contributed by atoms with Crippen molar-refractivity contribution in [3.8, 4) is 11.5 Å². The minimum atomic E-state index is -0.519. The van der Waals surface area contributed by atoms with E-state index >= 15 is 0 Å². The summed E-state index contributed by atoms with van der Waals surface area (Å²) in [6, 6.07) is 1.22. The lowest BCUT2D eigenvalue weighted by Gasteiger charge is -2.20. The van der Waals surface area contributed by atoms with E-state index in [4.69, 9.17) is 4.74 Å². The lowest BCUT2D eigenvalue weighted by Crippen LogP contribution is -2.22. The SMILES string of the molecule is COC1=C(C)C(=O)c2c(cc(O)c(CC=C(C)C)c2O)C1=O. The summed E-state index contributed by atoms with van der Waals surface area (Å²) in [6.07, 6.45) is 2.09. The number of fused-ring (bicyclic) bond motifs is 1. The summed E-state index contributed by atoms with van der Waals surface area (Å²) in [5, 5.41) is 20.4. The highest BCUT2D eigenvalue weighted by Gasteiger charge is 2.35. The number of ketones is 2. The van der Waals surface area contributed by atoms with Crippen LogP contribution in [0, 0.1) is 0 Å². The third-order valence-corrected chi connectivity index (χ3v) is 3.66. The quantitative estimate of drug-likeness (QED) is 0.839. The zero-order valence-corrected chi connectivity index (χ0v) is 13.0. The van der Waals surface area contributed by atoms with Crippen molar-refractivity contribution in [2.24, 2.45) is 0 Å². The van der Waals surface area contributed by atoms with Crippen molar-refractivity contribution in [2.75, 3.05) is 7.11 Å². The first-order valence-corrected chi connectivity index (χ1v) is 6.85. The molecule has 1 aromatic rings. The van der Waals surface area contributed by atoms with Crippen LogP contribution < -0.4 is 0 Å². The molecule has 5 heteroatoms. The first-order chi connectivity index (χ1) is 10.3. The van der Waals surface area contributed by atoms with Gasteiger partial charge in [0.2, 0.25) is 5.78 Å². The molecule has 0 saturated carbocycles. The molecule has 0 amide bonds. The van der Waals surface area contributed by atoms with Gasteiger partial charge in [-0.1, -0.05) is 11.6 Å². The molecule has 0 aromatic heterocycles. The van der Waals surface area contributed by atoms with Crippen LogP contribution in [0.2, 0.25) is 0 Å². The highest BCUT2D eigenvalue weighted by Crippen LogP contribution is 2.39. The summed E-state index contributed by atoms with van der Waals surface area (Å²) >= 11 is 0. The Labute approximate surface area is 128 Å². The fourth-order valence-corrected chi connectivity index (χ4v) is 2.44. The van der Waals surface area contributed by atoms with Gasteiger partial charge in [0, 0.05) is 16.7 Å². The van der Waals surface area contributed by atoms with Gasteiger partial charge in [-0.05, 0) is 33.3 Å². The Morgan fingerprint density at radius 1 is 1.23 bits per heavy atom. The third kappa shape index (κ3) is 2.39. The molecule has 0 unspecified atom stereocenters. The van der Waals surface area contributed by atoms with Crippen LogP contribution in [0.15, 0.2) is 29.0 Å². The predicted octanol–water partition coefficient (Wildman–Crippen LogP) is 2.91. The average molecular weight is 302 g/mol. The number of aromatic hydroxyl groups is 2. The van der Waals surface area contributed by atoms with E-state index in [2.05, 4.69) is 0 Å². The van der Waals surface area contributed by atoms with Gasteiger partial charge in [0.1, 0.15) is 11.5 Å². The van der Waals surface area contributed by atoms with Gasteiger partial charge in [-0.15, -0.1) is 0 Å². The topological polar surface area (TPSA) is 83.8 Å². The third-order valence-electron chi connectivity index (χ3n) is 3.66. The van der Waals surface area contributed by atoms with Gasteiger partial charge < -0.3 is 14.9 Å². The Balaban J connectivity index is 2.68. The normalized spacial score (nSPS) is 14.0. The number of rotatable bonds is 3. The fraction of sp³-hybridized carbons (Fsp3) is 0.294. The van der Waals surface area contributed by atoms with E-state index < -0.39 is 11.6 Å². The minimum Gasteiger partial charge on any atom is -0.507 e. The second kappa shape index (κ2) is 5.67. The number of carbonyl (C=O) groups is 2. The molecule has 1 aromatic carbocycles. The fourth-order valence-electron chi connectivity index (χ4n) is 2.44. The number of carbonyl (C=O) groups excluding carboxylic acids is 2. The Bertz CT molecular complexity index is 734. The molecule has 2 N–H and O–H groups in total. The number of phenolic OH excluding ortho intramolecular Hbond substituents is 2. The Morgan fingerprint density at radius 3 is 2.41 bits per heavy atom. The second-order valence-corrected chi connectivity index (χ2v) is 5.45. The molecule has 116 valence electrons. The van der Waals surface area contributed by atoms with Gasteiger partial charge in [0.15, 0.2) is 11.5 Å². The number of hydrogen-bond donors (Lipinski definition) is 2. The highest BCUT2D eigenvalue weighted by molar-refractivity contribution is 6.27. The zero-order chi connectivity index (χ0) is 16.6. The van der Waals surface area contributed by atoms with Gasteiger partial charge in [0.25, 0.3) is 0 Å². The van der Waals surface area contributed by atoms with Crippen molar-refractivity contribution < 1.29 is 24.5 Å². The van der Waals surface area contributed by atoms with Crippen LogP contribution in [0.1, 0.15) is 47.1 Å². The molecule has 1 aliphatic rings. The van der Waals surface area contributed by atoms with E-state index in [1.807, 2.05) is 19.9 Å². The Morgan fingerprint density at radius 2 is 1.86 bits per heavy atom. The molecule has 0 spiro atoms. The minimum absolute atomic E-state index is 0.0385. The molecule has 22 heavy (non-hydrogen) atoms. The van der Waals surface area contributed by atoms with Crippen LogP contribution in [-0.4, -0.2) is 28.9 Å². The zero-order valence-electron chi connectivity index (χ0n) is 13.0. The molecular weight excluding hydrogens is 284 g/mol. The van der Waals surface area contributed by atoms with E-state index in [0.717, 1.165) is 5.57 Å². The van der Waals surface area contributed by atoms with Crippen LogP contribution in [0.4, 0.5) is 0 Å². The number of hydrogen-bond acceptors (Lipinski definition) is 5. The van der Waals surface area contributed by atoms with Crippen molar-refractivity contribution in [3.05, 3.63) is 45.7 Å². The number of Topliss-reactive ketones (excluding diaryl/α,β-unsaturated/α-hetero) is 2. The summed E-state index contributed by atoms with van der Waals surface area (Å²) in [5.74, 6) is -1.62. The first-order valence-electron chi connectivity index (χ1n) is 6.85.